The highest BCUT2D eigenvalue weighted by Crippen LogP contribution is 2.32. The van der Waals surface area contributed by atoms with Gasteiger partial charge in [0, 0.05) is 0 Å². The maximum absolute atomic E-state index is 13.1. The number of benzene rings is 2. The maximum Gasteiger partial charge on any atom is 0.416 e. The zero-order valence-electron chi connectivity index (χ0n) is 10.1. The van der Waals surface area contributed by atoms with Gasteiger partial charge in [0.1, 0.15) is 5.82 Å². The monoisotopic (exact) mass is 303 g/mol. The molecule has 0 spiro atoms. The molecule has 0 aliphatic rings. The minimum absolute atomic E-state index is 0.120. The first kappa shape index (κ1) is 14.8. The Labute approximate surface area is 118 Å². The lowest BCUT2D eigenvalue weighted by molar-refractivity contribution is -0.137. The summed E-state index contributed by atoms with van der Waals surface area (Å²) < 4.78 is 51.0. The van der Waals surface area contributed by atoms with Gasteiger partial charge in [-0.05, 0) is 35.4 Å². The van der Waals surface area contributed by atoms with E-state index in [0.717, 1.165) is 18.2 Å². The molecule has 0 bridgehead atoms. The molecule has 0 aliphatic heterocycles. The van der Waals surface area contributed by atoms with Crippen LogP contribution in [0.5, 0.6) is 0 Å². The molecule has 2 aromatic carbocycles. The third kappa shape index (κ3) is 3.11. The van der Waals surface area contributed by atoms with Crippen LogP contribution in [-0.2, 0) is 6.18 Å². The van der Waals surface area contributed by atoms with E-state index in [1.807, 2.05) is 0 Å². The normalized spacial score (nSPS) is 13.3. The molecule has 0 saturated carbocycles. The van der Waals surface area contributed by atoms with E-state index in [1.165, 1.54) is 24.3 Å². The molecule has 0 saturated heterocycles. The van der Waals surface area contributed by atoms with Crippen LogP contribution < -0.4 is 5.73 Å². The molecular formula is C14H10ClF4N. The van der Waals surface area contributed by atoms with E-state index in [9.17, 15) is 17.6 Å². The van der Waals surface area contributed by atoms with Crippen molar-refractivity contribution >= 4 is 11.6 Å². The summed E-state index contributed by atoms with van der Waals surface area (Å²) in [6.07, 6.45) is -4.43. The lowest BCUT2D eigenvalue weighted by atomic mass is 9.98. The van der Waals surface area contributed by atoms with Gasteiger partial charge in [0.25, 0.3) is 0 Å². The van der Waals surface area contributed by atoms with Crippen LogP contribution in [0.15, 0.2) is 42.5 Å². The molecule has 2 N–H and O–H groups in total. The van der Waals surface area contributed by atoms with Crippen LogP contribution >= 0.6 is 11.6 Å². The molecular weight excluding hydrogens is 294 g/mol. The fraction of sp³-hybridized carbons (Fsp3) is 0.143. The summed E-state index contributed by atoms with van der Waals surface area (Å²) >= 11 is 5.64. The summed E-state index contributed by atoms with van der Waals surface area (Å²) in [5, 5.41) is -0.120. The molecule has 1 nitrogen and oxygen atoms in total. The zero-order chi connectivity index (χ0) is 14.9. The van der Waals surface area contributed by atoms with E-state index < -0.39 is 23.6 Å². The highest BCUT2D eigenvalue weighted by atomic mass is 35.5. The van der Waals surface area contributed by atoms with E-state index in [0.29, 0.717) is 5.56 Å². The van der Waals surface area contributed by atoms with Gasteiger partial charge in [0.05, 0.1) is 16.6 Å². The largest absolute Gasteiger partial charge is 0.416 e. The first-order valence-corrected chi connectivity index (χ1v) is 6.04. The van der Waals surface area contributed by atoms with Gasteiger partial charge < -0.3 is 5.73 Å². The fourth-order valence-electron chi connectivity index (χ4n) is 1.81. The van der Waals surface area contributed by atoms with E-state index in [-0.39, 0.29) is 10.6 Å². The topological polar surface area (TPSA) is 26.0 Å². The van der Waals surface area contributed by atoms with Crippen molar-refractivity contribution in [3.05, 3.63) is 70.0 Å². The van der Waals surface area contributed by atoms with Gasteiger partial charge in [-0.3, -0.25) is 0 Å². The molecule has 0 heterocycles. The Morgan fingerprint density at radius 3 is 2.25 bits per heavy atom. The maximum atomic E-state index is 13.1. The molecule has 0 fully saturated rings. The van der Waals surface area contributed by atoms with Crippen LogP contribution in [0.4, 0.5) is 17.6 Å². The van der Waals surface area contributed by atoms with Crippen LogP contribution in [0, 0.1) is 5.82 Å². The second-order valence-electron chi connectivity index (χ2n) is 4.27. The zero-order valence-corrected chi connectivity index (χ0v) is 10.8. The predicted molar refractivity (Wildman–Crippen MR) is 68.9 cm³/mol. The minimum Gasteiger partial charge on any atom is -0.320 e. The van der Waals surface area contributed by atoms with Crippen molar-refractivity contribution in [3.63, 3.8) is 0 Å². The van der Waals surface area contributed by atoms with Crippen molar-refractivity contribution in [1.29, 1.82) is 0 Å². The van der Waals surface area contributed by atoms with Gasteiger partial charge in [-0.25, -0.2) is 4.39 Å². The average Bonchev–Trinajstić information content (AvgIpc) is 2.40. The summed E-state index contributed by atoms with van der Waals surface area (Å²) in [6, 6.07) is 7.73. The molecule has 1 unspecified atom stereocenters. The van der Waals surface area contributed by atoms with Gasteiger partial charge in [0.2, 0.25) is 0 Å². The second kappa shape index (κ2) is 5.42. The van der Waals surface area contributed by atoms with E-state index in [1.54, 1.807) is 0 Å². The Morgan fingerprint density at radius 2 is 1.65 bits per heavy atom. The van der Waals surface area contributed by atoms with Gasteiger partial charge in [-0.1, -0.05) is 29.8 Å². The van der Waals surface area contributed by atoms with Crippen LogP contribution in [0.1, 0.15) is 22.7 Å². The summed E-state index contributed by atoms with van der Waals surface area (Å²) in [5.41, 5.74) is 5.84. The second-order valence-corrected chi connectivity index (χ2v) is 4.68. The summed E-state index contributed by atoms with van der Waals surface area (Å²) in [6.45, 7) is 0. The molecule has 1 atom stereocenters. The van der Waals surface area contributed by atoms with Gasteiger partial charge in [0.15, 0.2) is 0 Å². The summed E-state index contributed by atoms with van der Waals surface area (Å²) in [7, 11) is 0. The quantitative estimate of drug-likeness (QED) is 0.810. The van der Waals surface area contributed by atoms with E-state index in [4.69, 9.17) is 17.3 Å². The highest BCUT2D eigenvalue weighted by Gasteiger charge is 2.30. The lowest BCUT2D eigenvalue weighted by Gasteiger charge is -2.15. The van der Waals surface area contributed by atoms with Crippen molar-refractivity contribution < 1.29 is 17.6 Å². The van der Waals surface area contributed by atoms with E-state index in [2.05, 4.69) is 0 Å². The van der Waals surface area contributed by atoms with Gasteiger partial charge >= 0.3 is 6.18 Å². The van der Waals surface area contributed by atoms with Crippen molar-refractivity contribution in [3.8, 4) is 0 Å². The van der Waals surface area contributed by atoms with Gasteiger partial charge in [-0.15, -0.1) is 0 Å². The minimum atomic E-state index is -4.43. The van der Waals surface area contributed by atoms with Crippen molar-refractivity contribution in [2.24, 2.45) is 5.73 Å². The fourth-order valence-corrected chi connectivity index (χ4v) is 2.00. The van der Waals surface area contributed by atoms with E-state index >= 15 is 0 Å². The van der Waals surface area contributed by atoms with Crippen LogP contribution in [0.2, 0.25) is 5.02 Å². The van der Waals surface area contributed by atoms with Crippen molar-refractivity contribution in [1.82, 2.24) is 0 Å². The Morgan fingerprint density at radius 1 is 1.00 bits per heavy atom. The summed E-state index contributed by atoms with van der Waals surface area (Å²) in [4.78, 5) is 0. The average molecular weight is 304 g/mol. The van der Waals surface area contributed by atoms with Crippen molar-refractivity contribution in [2.45, 2.75) is 12.2 Å². The number of nitrogens with two attached hydrogens (primary N) is 1. The Kier molecular flexibility index (Phi) is 4.01. The van der Waals surface area contributed by atoms with Gasteiger partial charge in [-0.2, -0.15) is 13.2 Å². The first-order chi connectivity index (χ1) is 9.29. The Bertz CT molecular complexity index is 625. The number of hydrogen-bond acceptors (Lipinski definition) is 1. The predicted octanol–water partition coefficient (Wildman–Crippen LogP) is 4.55. The smallest absolute Gasteiger partial charge is 0.320 e. The Balaban J connectivity index is 2.38. The molecule has 0 radical (unpaired) electrons. The SMILES string of the molecule is NC(c1cccc(C(F)(F)F)c1)c1ccc(F)c(Cl)c1. The molecule has 0 aliphatic carbocycles. The molecule has 2 rings (SSSR count). The number of alkyl halides is 3. The molecule has 0 aromatic heterocycles. The number of hydrogen-bond donors (Lipinski definition) is 1. The van der Waals surface area contributed by atoms with Crippen LogP contribution in [-0.4, -0.2) is 0 Å². The summed E-state index contributed by atoms with van der Waals surface area (Å²) in [5.74, 6) is -0.605. The molecule has 106 valence electrons. The number of rotatable bonds is 2. The molecule has 2 aromatic rings. The lowest BCUT2D eigenvalue weighted by Crippen LogP contribution is -2.14. The van der Waals surface area contributed by atoms with Crippen molar-refractivity contribution in [2.75, 3.05) is 0 Å². The molecule has 0 amide bonds. The molecule has 20 heavy (non-hydrogen) atoms. The Hall–Kier alpha value is -1.59. The van der Waals surface area contributed by atoms with Crippen LogP contribution in [0.25, 0.3) is 0 Å². The number of halogens is 5. The third-order valence-electron chi connectivity index (χ3n) is 2.88. The van der Waals surface area contributed by atoms with Crippen LogP contribution in [0.3, 0.4) is 0 Å². The standard InChI is InChI=1S/C14H10ClF4N/c15-11-7-9(4-5-12(11)16)13(20)8-2-1-3-10(6-8)14(17,18)19/h1-7,13H,20H2. The first-order valence-electron chi connectivity index (χ1n) is 5.66. The molecule has 6 heteroatoms. The third-order valence-corrected chi connectivity index (χ3v) is 3.17. The highest BCUT2D eigenvalue weighted by molar-refractivity contribution is 6.30.